The second kappa shape index (κ2) is 7.07. The summed E-state index contributed by atoms with van der Waals surface area (Å²) in [7, 11) is 0. The highest BCUT2D eigenvalue weighted by Crippen LogP contribution is 2.37. The summed E-state index contributed by atoms with van der Waals surface area (Å²) in [5.41, 5.74) is 1.75. The molecule has 1 amide bonds. The zero-order valence-electron chi connectivity index (χ0n) is 13.4. The lowest BCUT2D eigenvalue weighted by atomic mass is 9.85. The molecule has 2 aromatic rings. The van der Waals surface area contributed by atoms with Crippen LogP contribution in [0.4, 0.5) is 14.5 Å². The van der Waals surface area contributed by atoms with Crippen LogP contribution in [0.5, 0.6) is 0 Å². The smallest absolute Gasteiger partial charge is 0.248 e. The van der Waals surface area contributed by atoms with E-state index in [9.17, 15) is 13.6 Å². The van der Waals surface area contributed by atoms with E-state index in [4.69, 9.17) is 0 Å². The first-order valence-corrected chi connectivity index (χ1v) is 8.18. The number of aromatic nitrogens is 1. The van der Waals surface area contributed by atoms with Gasteiger partial charge in [0.1, 0.15) is 0 Å². The number of pyridine rings is 1. The summed E-state index contributed by atoms with van der Waals surface area (Å²) in [4.78, 5) is 18.6. The predicted molar refractivity (Wildman–Crippen MR) is 88.8 cm³/mol. The third-order valence-corrected chi connectivity index (χ3v) is 4.49. The molecule has 0 bridgehead atoms. The minimum Gasteiger partial charge on any atom is -0.308 e. The Bertz CT molecular complexity index is 666. The van der Waals surface area contributed by atoms with E-state index in [0.29, 0.717) is 6.54 Å². The summed E-state index contributed by atoms with van der Waals surface area (Å²) in [5.74, 6) is -3.06. The van der Waals surface area contributed by atoms with Gasteiger partial charge in [-0.3, -0.25) is 9.78 Å². The molecule has 3 nitrogen and oxygen atoms in total. The highest BCUT2D eigenvalue weighted by Gasteiger charge is 2.38. The zero-order valence-corrected chi connectivity index (χ0v) is 13.4. The molecule has 1 heterocycles. The van der Waals surface area contributed by atoms with Crippen LogP contribution in [0, 0.1) is 5.92 Å². The summed E-state index contributed by atoms with van der Waals surface area (Å²) in [6.45, 7) is 0.427. The van der Waals surface area contributed by atoms with Crippen LogP contribution in [0.25, 0.3) is 0 Å². The molecule has 1 fully saturated rings. The second-order valence-electron chi connectivity index (χ2n) is 6.25. The van der Waals surface area contributed by atoms with Gasteiger partial charge >= 0.3 is 0 Å². The number of carbonyl (C=O) groups is 1. The first-order valence-electron chi connectivity index (χ1n) is 8.18. The van der Waals surface area contributed by atoms with Crippen LogP contribution in [-0.4, -0.2) is 16.8 Å². The van der Waals surface area contributed by atoms with Crippen molar-refractivity contribution in [2.45, 2.75) is 38.2 Å². The van der Waals surface area contributed by atoms with Crippen LogP contribution in [0.3, 0.4) is 0 Å². The molecule has 1 saturated carbocycles. The van der Waals surface area contributed by atoms with E-state index >= 15 is 0 Å². The molecule has 1 aromatic carbocycles. The molecule has 1 aromatic heterocycles. The van der Waals surface area contributed by atoms with Crippen LogP contribution < -0.4 is 4.90 Å². The van der Waals surface area contributed by atoms with Gasteiger partial charge in [0, 0.05) is 36.8 Å². The van der Waals surface area contributed by atoms with E-state index in [2.05, 4.69) is 4.98 Å². The molecule has 0 N–H and O–H groups in total. The van der Waals surface area contributed by atoms with Crippen LogP contribution in [0.1, 0.15) is 31.2 Å². The summed E-state index contributed by atoms with van der Waals surface area (Å²) in [5, 5.41) is 0. The maximum absolute atomic E-state index is 13.4. The molecule has 24 heavy (non-hydrogen) atoms. The summed E-state index contributed by atoms with van der Waals surface area (Å²) in [6.07, 6.45) is 3.33. The lowest BCUT2D eigenvalue weighted by molar-refractivity contribution is -0.126. The normalized spacial score (nSPS) is 17.4. The van der Waals surface area contributed by atoms with E-state index in [-0.39, 0.29) is 37.5 Å². The first kappa shape index (κ1) is 16.6. The van der Waals surface area contributed by atoms with Crippen molar-refractivity contribution < 1.29 is 13.6 Å². The molecule has 126 valence electrons. The largest absolute Gasteiger partial charge is 0.308 e. The Kier molecular flexibility index (Phi) is 4.88. The molecular formula is C19H20F2N2O. The molecule has 0 saturated heterocycles. The molecule has 0 radical (unpaired) electrons. The van der Waals surface area contributed by atoms with Crippen molar-refractivity contribution in [1.29, 1.82) is 0 Å². The van der Waals surface area contributed by atoms with E-state index in [0.717, 1.165) is 11.3 Å². The van der Waals surface area contributed by atoms with E-state index in [1.807, 2.05) is 30.3 Å². The summed E-state index contributed by atoms with van der Waals surface area (Å²) in [6, 6.07) is 13.2. The quantitative estimate of drug-likeness (QED) is 0.830. The highest BCUT2D eigenvalue weighted by atomic mass is 19.3. The maximum atomic E-state index is 13.4. The van der Waals surface area contributed by atoms with Gasteiger partial charge < -0.3 is 4.90 Å². The van der Waals surface area contributed by atoms with Gasteiger partial charge in [0.2, 0.25) is 11.8 Å². The van der Waals surface area contributed by atoms with Gasteiger partial charge in [-0.25, -0.2) is 8.78 Å². The minimum atomic E-state index is -2.63. The van der Waals surface area contributed by atoms with Crippen molar-refractivity contribution in [2.75, 3.05) is 4.90 Å². The van der Waals surface area contributed by atoms with Gasteiger partial charge in [-0.15, -0.1) is 0 Å². The zero-order chi connectivity index (χ0) is 17.0. The van der Waals surface area contributed by atoms with Crippen molar-refractivity contribution in [1.82, 2.24) is 4.98 Å². The second-order valence-corrected chi connectivity index (χ2v) is 6.25. The fraction of sp³-hybridized carbons (Fsp3) is 0.368. The number of halogens is 2. The molecule has 1 aliphatic carbocycles. The SMILES string of the molecule is O=C(C1CCC(F)(F)CC1)N(Cc1ccccc1)c1ccncc1. The maximum Gasteiger partial charge on any atom is 0.248 e. The molecule has 0 unspecified atom stereocenters. The van der Waals surface area contributed by atoms with E-state index in [1.165, 1.54) is 0 Å². The standard InChI is InChI=1S/C19H20F2N2O/c20-19(21)10-6-16(7-11-19)18(24)23(17-8-12-22-13-9-17)14-15-4-2-1-3-5-15/h1-5,8-9,12-13,16H,6-7,10-11,14H2. The topological polar surface area (TPSA) is 33.2 Å². The monoisotopic (exact) mass is 330 g/mol. The van der Waals surface area contributed by atoms with Crippen molar-refractivity contribution in [3.63, 3.8) is 0 Å². The van der Waals surface area contributed by atoms with Crippen molar-refractivity contribution >= 4 is 11.6 Å². The predicted octanol–water partition coefficient (Wildman–Crippen LogP) is 4.44. The van der Waals surface area contributed by atoms with E-state index < -0.39 is 5.92 Å². The Morgan fingerprint density at radius 1 is 1.08 bits per heavy atom. The fourth-order valence-corrected chi connectivity index (χ4v) is 3.09. The average Bonchev–Trinajstić information content (AvgIpc) is 2.61. The Morgan fingerprint density at radius 3 is 2.33 bits per heavy atom. The van der Waals surface area contributed by atoms with Crippen molar-refractivity contribution in [2.24, 2.45) is 5.92 Å². The van der Waals surface area contributed by atoms with Crippen LogP contribution >= 0.6 is 0 Å². The summed E-state index contributed by atoms with van der Waals surface area (Å²) >= 11 is 0. The van der Waals surface area contributed by atoms with Crippen LogP contribution in [-0.2, 0) is 11.3 Å². The average molecular weight is 330 g/mol. The molecule has 0 atom stereocenters. The van der Waals surface area contributed by atoms with Gasteiger partial charge in [0.25, 0.3) is 0 Å². The number of carbonyl (C=O) groups excluding carboxylic acids is 1. The van der Waals surface area contributed by atoms with E-state index in [1.54, 1.807) is 29.4 Å². The number of rotatable bonds is 4. The third-order valence-electron chi connectivity index (χ3n) is 4.49. The Balaban J connectivity index is 1.80. The Hall–Kier alpha value is -2.30. The summed E-state index contributed by atoms with van der Waals surface area (Å²) < 4.78 is 26.8. The molecule has 3 rings (SSSR count). The number of alkyl halides is 2. The van der Waals surface area contributed by atoms with Crippen molar-refractivity contribution in [3.05, 3.63) is 60.4 Å². The Morgan fingerprint density at radius 2 is 1.71 bits per heavy atom. The Labute approximate surface area is 140 Å². The van der Waals surface area contributed by atoms with Gasteiger partial charge in [-0.05, 0) is 30.5 Å². The number of amides is 1. The molecular weight excluding hydrogens is 310 g/mol. The fourth-order valence-electron chi connectivity index (χ4n) is 3.09. The number of anilines is 1. The van der Waals surface area contributed by atoms with Crippen LogP contribution in [0.2, 0.25) is 0 Å². The minimum absolute atomic E-state index is 0.0828. The van der Waals surface area contributed by atoms with Gasteiger partial charge in [-0.2, -0.15) is 0 Å². The molecule has 5 heteroatoms. The molecule has 1 aliphatic rings. The van der Waals surface area contributed by atoms with Gasteiger partial charge in [0.05, 0.1) is 6.54 Å². The number of benzene rings is 1. The number of nitrogens with zero attached hydrogens (tertiary/aromatic N) is 2. The molecule has 0 spiro atoms. The number of hydrogen-bond donors (Lipinski definition) is 0. The van der Waals surface area contributed by atoms with Gasteiger partial charge in [0.15, 0.2) is 0 Å². The molecule has 0 aliphatic heterocycles. The van der Waals surface area contributed by atoms with Crippen LogP contribution in [0.15, 0.2) is 54.9 Å². The highest BCUT2D eigenvalue weighted by molar-refractivity contribution is 5.95. The first-order chi connectivity index (χ1) is 11.6. The van der Waals surface area contributed by atoms with Gasteiger partial charge in [-0.1, -0.05) is 30.3 Å². The third kappa shape index (κ3) is 3.96. The lowest BCUT2D eigenvalue weighted by Gasteiger charge is -2.32. The van der Waals surface area contributed by atoms with Crippen molar-refractivity contribution in [3.8, 4) is 0 Å². The number of hydrogen-bond acceptors (Lipinski definition) is 2. The lowest BCUT2D eigenvalue weighted by Crippen LogP contribution is -2.39.